The SMILES string of the molecule is Cc1ccccc1NC(=O)c1sc(=S)n(CC2CCCO2)c1N. The second-order valence-electron chi connectivity index (χ2n) is 5.60. The third-order valence-electron chi connectivity index (χ3n) is 3.94. The van der Waals surface area contributed by atoms with Crippen molar-refractivity contribution in [3.05, 3.63) is 38.7 Å². The molecule has 3 N–H and O–H groups in total. The largest absolute Gasteiger partial charge is 0.384 e. The summed E-state index contributed by atoms with van der Waals surface area (Å²) < 4.78 is 8.04. The summed E-state index contributed by atoms with van der Waals surface area (Å²) in [6.07, 6.45) is 2.19. The summed E-state index contributed by atoms with van der Waals surface area (Å²) in [4.78, 5) is 13.0. The molecule has 5 nitrogen and oxygen atoms in total. The van der Waals surface area contributed by atoms with Crippen molar-refractivity contribution in [2.45, 2.75) is 32.4 Å². The van der Waals surface area contributed by atoms with E-state index >= 15 is 0 Å². The summed E-state index contributed by atoms with van der Waals surface area (Å²) in [6, 6.07) is 7.63. The lowest BCUT2D eigenvalue weighted by Crippen LogP contribution is -2.18. The first-order chi connectivity index (χ1) is 11.1. The highest BCUT2D eigenvalue weighted by atomic mass is 32.1. The van der Waals surface area contributed by atoms with Gasteiger partial charge in [0.15, 0.2) is 3.95 Å². The van der Waals surface area contributed by atoms with Crippen LogP contribution in [0.25, 0.3) is 0 Å². The van der Waals surface area contributed by atoms with Crippen molar-refractivity contribution < 1.29 is 9.53 Å². The number of hydrogen-bond donors (Lipinski definition) is 2. The number of para-hydroxylation sites is 1. The van der Waals surface area contributed by atoms with Crippen molar-refractivity contribution in [3.63, 3.8) is 0 Å². The number of carbonyl (C=O) groups is 1. The molecule has 1 amide bonds. The molecule has 1 atom stereocenters. The van der Waals surface area contributed by atoms with Gasteiger partial charge in [-0.15, -0.1) is 0 Å². The average Bonchev–Trinajstić information content (AvgIpc) is 3.13. The second-order valence-corrected chi connectivity index (χ2v) is 7.24. The van der Waals surface area contributed by atoms with Crippen LogP contribution in [-0.4, -0.2) is 23.2 Å². The molecule has 2 aromatic rings. The van der Waals surface area contributed by atoms with Crippen LogP contribution >= 0.6 is 23.6 Å². The Kier molecular flexibility index (Phi) is 4.79. The van der Waals surface area contributed by atoms with E-state index in [2.05, 4.69) is 5.32 Å². The molecule has 3 rings (SSSR count). The molecule has 1 fully saturated rings. The molecule has 1 aromatic carbocycles. The monoisotopic (exact) mass is 349 g/mol. The minimum absolute atomic E-state index is 0.130. The summed E-state index contributed by atoms with van der Waals surface area (Å²) in [5.74, 6) is 0.195. The summed E-state index contributed by atoms with van der Waals surface area (Å²) in [5, 5.41) is 2.90. The standard InChI is InChI=1S/C16H19N3O2S2/c1-10-5-2-3-7-12(10)18-15(20)13-14(17)19(16(22)23-13)9-11-6-4-8-21-11/h2-3,5,7,11H,4,6,8-9,17H2,1H3,(H,18,20). The zero-order valence-corrected chi connectivity index (χ0v) is 14.5. The molecule has 0 aliphatic carbocycles. The van der Waals surface area contributed by atoms with Crippen LogP contribution in [0.2, 0.25) is 0 Å². The molecule has 0 spiro atoms. The number of carbonyl (C=O) groups excluding carboxylic acids is 1. The first-order valence-corrected chi connectivity index (χ1v) is 8.76. The number of amides is 1. The van der Waals surface area contributed by atoms with Gasteiger partial charge >= 0.3 is 0 Å². The Morgan fingerprint density at radius 3 is 3.00 bits per heavy atom. The molecule has 23 heavy (non-hydrogen) atoms. The maximum Gasteiger partial charge on any atom is 0.269 e. The predicted molar refractivity (Wildman–Crippen MR) is 95.7 cm³/mol. The number of nitrogens with one attached hydrogen (secondary N) is 1. The molecule has 1 unspecified atom stereocenters. The van der Waals surface area contributed by atoms with Gasteiger partial charge in [-0.2, -0.15) is 0 Å². The number of aromatic nitrogens is 1. The number of aryl methyl sites for hydroxylation is 1. The van der Waals surface area contributed by atoms with E-state index in [0.717, 1.165) is 30.7 Å². The van der Waals surface area contributed by atoms with Gasteiger partial charge in [-0.3, -0.25) is 4.79 Å². The fourth-order valence-corrected chi connectivity index (χ4v) is 3.87. The van der Waals surface area contributed by atoms with Crippen molar-refractivity contribution in [1.29, 1.82) is 0 Å². The number of hydrogen-bond acceptors (Lipinski definition) is 5. The smallest absolute Gasteiger partial charge is 0.269 e. The highest BCUT2D eigenvalue weighted by molar-refractivity contribution is 7.73. The Labute approximate surface area is 144 Å². The lowest BCUT2D eigenvalue weighted by atomic mass is 10.2. The molecule has 0 bridgehead atoms. The molecule has 7 heteroatoms. The van der Waals surface area contributed by atoms with Gasteiger partial charge in [-0.1, -0.05) is 29.5 Å². The molecule has 1 aliphatic rings. The van der Waals surface area contributed by atoms with Crippen LogP contribution < -0.4 is 11.1 Å². The fraction of sp³-hybridized carbons (Fsp3) is 0.375. The van der Waals surface area contributed by atoms with Gasteiger partial charge in [-0.25, -0.2) is 0 Å². The normalized spacial score (nSPS) is 17.3. The molecule has 1 aliphatic heterocycles. The second kappa shape index (κ2) is 6.82. The Bertz CT molecular complexity index is 776. The van der Waals surface area contributed by atoms with E-state index in [9.17, 15) is 4.79 Å². The van der Waals surface area contributed by atoms with Crippen molar-refractivity contribution in [2.75, 3.05) is 17.7 Å². The molecule has 0 radical (unpaired) electrons. The number of rotatable bonds is 4. The van der Waals surface area contributed by atoms with Crippen molar-refractivity contribution >= 4 is 41.0 Å². The van der Waals surface area contributed by atoms with Gasteiger partial charge in [0.25, 0.3) is 5.91 Å². The molecule has 0 saturated carbocycles. The zero-order chi connectivity index (χ0) is 16.4. The van der Waals surface area contributed by atoms with Gasteiger partial charge in [0.2, 0.25) is 0 Å². The molecule has 2 heterocycles. The van der Waals surface area contributed by atoms with E-state index in [0.29, 0.717) is 21.2 Å². The summed E-state index contributed by atoms with van der Waals surface area (Å²) in [7, 11) is 0. The van der Waals surface area contributed by atoms with Gasteiger partial charge < -0.3 is 20.4 Å². The van der Waals surface area contributed by atoms with E-state index in [-0.39, 0.29) is 12.0 Å². The number of ether oxygens (including phenoxy) is 1. The average molecular weight is 349 g/mol. The molecule has 1 saturated heterocycles. The topological polar surface area (TPSA) is 69.3 Å². The number of nitrogens with zero attached hydrogens (tertiary/aromatic N) is 1. The first-order valence-electron chi connectivity index (χ1n) is 7.54. The number of anilines is 2. The molecule has 1 aromatic heterocycles. The van der Waals surface area contributed by atoms with Crippen LogP contribution in [0.3, 0.4) is 0 Å². The van der Waals surface area contributed by atoms with Crippen molar-refractivity contribution in [3.8, 4) is 0 Å². The van der Waals surface area contributed by atoms with E-state index in [1.54, 1.807) is 0 Å². The van der Waals surface area contributed by atoms with E-state index in [1.165, 1.54) is 11.3 Å². The van der Waals surface area contributed by atoms with Gasteiger partial charge in [0.05, 0.1) is 12.6 Å². The van der Waals surface area contributed by atoms with E-state index < -0.39 is 0 Å². The highest BCUT2D eigenvalue weighted by Gasteiger charge is 2.22. The lowest BCUT2D eigenvalue weighted by molar-refractivity contribution is 0.0970. The van der Waals surface area contributed by atoms with E-state index in [1.807, 2.05) is 35.8 Å². The maximum atomic E-state index is 12.5. The highest BCUT2D eigenvalue weighted by Crippen LogP contribution is 2.26. The minimum atomic E-state index is -0.223. The first kappa shape index (κ1) is 16.2. The maximum absolute atomic E-state index is 12.5. The number of benzene rings is 1. The Morgan fingerprint density at radius 1 is 1.52 bits per heavy atom. The van der Waals surface area contributed by atoms with E-state index in [4.69, 9.17) is 22.7 Å². The van der Waals surface area contributed by atoms with Gasteiger partial charge in [0, 0.05) is 12.3 Å². The van der Waals surface area contributed by atoms with Crippen molar-refractivity contribution in [1.82, 2.24) is 4.57 Å². The van der Waals surface area contributed by atoms with Crippen LogP contribution in [0.15, 0.2) is 24.3 Å². The Morgan fingerprint density at radius 2 is 2.30 bits per heavy atom. The Hall–Kier alpha value is -1.70. The number of nitrogen functional groups attached to an aromatic ring is 1. The Balaban J connectivity index is 1.81. The molecular weight excluding hydrogens is 330 g/mol. The summed E-state index contributed by atoms with van der Waals surface area (Å²) in [5.41, 5.74) is 7.95. The molecule has 122 valence electrons. The molecular formula is C16H19N3O2S2. The van der Waals surface area contributed by atoms with Crippen molar-refractivity contribution in [2.24, 2.45) is 0 Å². The predicted octanol–water partition coefficient (Wildman–Crippen LogP) is 3.60. The zero-order valence-electron chi connectivity index (χ0n) is 12.9. The van der Waals surface area contributed by atoms with Crippen LogP contribution in [0.4, 0.5) is 11.5 Å². The number of nitrogens with two attached hydrogens (primary N) is 1. The minimum Gasteiger partial charge on any atom is -0.384 e. The third-order valence-corrected chi connectivity index (χ3v) is 5.41. The number of thiazole rings is 1. The summed E-state index contributed by atoms with van der Waals surface area (Å²) in [6.45, 7) is 3.34. The van der Waals surface area contributed by atoms with Crippen LogP contribution in [0.1, 0.15) is 28.1 Å². The van der Waals surface area contributed by atoms with Gasteiger partial charge in [0.1, 0.15) is 10.7 Å². The third kappa shape index (κ3) is 3.46. The van der Waals surface area contributed by atoms with Gasteiger partial charge in [-0.05, 0) is 43.6 Å². The van der Waals surface area contributed by atoms with Crippen LogP contribution in [0.5, 0.6) is 0 Å². The van der Waals surface area contributed by atoms with Crippen LogP contribution in [-0.2, 0) is 11.3 Å². The lowest BCUT2D eigenvalue weighted by Gasteiger charge is -2.12. The summed E-state index contributed by atoms with van der Waals surface area (Å²) >= 11 is 6.61. The fourth-order valence-electron chi connectivity index (χ4n) is 2.64. The quantitative estimate of drug-likeness (QED) is 0.828. The van der Waals surface area contributed by atoms with Crippen LogP contribution in [0, 0.1) is 10.9 Å².